The number of piperazine rings is 1. The van der Waals surface area contributed by atoms with Gasteiger partial charge in [-0.1, -0.05) is 20.4 Å². The Hall–Kier alpha value is -3.22. The molecule has 2 aromatic heterocycles. The minimum atomic E-state index is -0.930. The first-order chi connectivity index (χ1) is 14.6. The van der Waals surface area contributed by atoms with Crippen molar-refractivity contribution in [3.8, 4) is 0 Å². The number of carbonyl (C=O) groups excluding carboxylic acids is 2. The number of hydrogen-bond donors (Lipinski definition) is 1. The van der Waals surface area contributed by atoms with E-state index in [0.29, 0.717) is 30.5 Å². The summed E-state index contributed by atoms with van der Waals surface area (Å²) in [6.07, 6.45) is 3.46. The summed E-state index contributed by atoms with van der Waals surface area (Å²) >= 11 is 0. The van der Waals surface area contributed by atoms with Crippen molar-refractivity contribution in [1.29, 1.82) is 0 Å². The van der Waals surface area contributed by atoms with Gasteiger partial charge in [-0.05, 0) is 55.2 Å². The predicted molar refractivity (Wildman–Crippen MR) is 123 cm³/mol. The van der Waals surface area contributed by atoms with Gasteiger partial charge in [-0.15, -0.1) is 0 Å². The second kappa shape index (κ2) is 8.88. The molecule has 164 valence electrons. The lowest BCUT2D eigenvalue weighted by molar-refractivity contribution is -0.133. The molecule has 3 rings (SSSR count). The second-order valence-corrected chi connectivity index (χ2v) is 8.83. The van der Waals surface area contributed by atoms with Crippen molar-refractivity contribution in [1.82, 2.24) is 20.2 Å². The van der Waals surface area contributed by atoms with Crippen LogP contribution in [0.25, 0.3) is 5.57 Å². The van der Waals surface area contributed by atoms with Gasteiger partial charge in [-0.3, -0.25) is 14.6 Å². The van der Waals surface area contributed by atoms with Crippen molar-refractivity contribution >= 4 is 23.2 Å². The Morgan fingerprint density at radius 1 is 1.26 bits per heavy atom. The number of carbonyl (C=O) groups is 2. The summed E-state index contributed by atoms with van der Waals surface area (Å²) in [5.41, 5.74) is 2.02. The van der Waals surface area contributed by atoms with Crippen LogP contribution in [0.15, 0.2) is 43.2 Å². The molecule has 0 radical (unpaired) electrons. The van der Waals surface area contributed by atoms with Crippen LogP contribution in [0.1, 0.15) is 49.3 Å². The highest BCUT2D eigenvalue weighted by Gasteiger charge is 2.41. The van der Waals surface area contributed by atoms with Gasteiger partial charge in [0.05, 0.1) is 0 Å². The molecule has 0 atom stereocenters. The zero-order valence-electron chi connectivity index (χ0n) is 19.0. The Morgan fingerprint density at radius 3 is 2.58 bits per heavy atom. The molecule has 0 aliphatic carbocycles. The summed E-state index contributed by atoms with van der Waals surface area (Å²) in [5.74, 6) is 0.700. The van der Waals surface area contributed by atoms with Crippen molar-refractivity contribution in [2.24, 2.45) is 5.92 Å². The average Bonchev–Trinajstić information content (AvgIpc) is 2.74. The molecule has 31 heavy (non-hydrogen) atoms. The summed E-state index contributed by atoms with van der Waals surface area (Å²) in [5, 5.41) is 2.82. The fourth-order valence-electron chi connectivity index (χ4n) is 3.83. The van der Waals surface area contributed by atoms with E-state index in [0.717, 1.165) is 23.2 Å². The van der Waals surface area contributed by atoms with Gasteiger partial charge in [0.2, 0.25) is 5.91 Å². The van der Waals surface area contributed by atoms with Crippen LogP contribution in [0, 0.1) is 5.92 Å². The van der Waals surface area contributed by atoms with Crippen molar-refractivity contribution in [3.63, 3.8) is 0 Å². The predicted octanol–water partition coefficient (Wildman–Crippen LogP) is 2.98. The third kappa shape index (κ3) is 4.60. The molecular formula is C24H31N5O2. The molecular weight excluding hydrogens is 390 g/mol. The maximum Gasteiger partial charge on any atom is 0.273 e. The van der Waals surface area contributed by atoms with Crippen LogP contribution in [-0.2, 0) is 4.79 Å². The third-order valence-electron chi connectivity index (χ3n) is 5.55. The highest BCUT2D eigenvalue weighted by atomic mass is 16.2. The maximum absolute atomic E-state index is 13.3. The second-order valence-electron chi connectivity index (χ2n) is 8.83. The lowest BCUT2D eigenvalue weighted by Gasteiger charge is -2.41. The van der Waals surface area contributed by atoms with Gasteiger partial charge in [-0.2, -0.15) is 0 Å². The van der Waals surface area contributed by atoms with E-state index in [1.807, 2.05) is 25.2 Å². The van der Waals surface area contributed by atoms with E-state index in [-0.39, 0.29) is 11.8 Å². The van der Waals surface area contributed by atoms with E-state index >= 15 is 0 Å². The van der Waals surface area contributed by atoms with Gasteiger partial charge in [0, 0.05) is 44.6 Å². The standard InChI is InChI=1S/C24H31N5O2/c1-16(2)15-28(6)21-19(17(3)18-9-11-25-12-10-18)7-8-20(27-21)22(30)29-14-13-26-23(31)24(29,4)5/h7-12,16H,3,13-15H2,1-2,4-6H3,(H,26,31). The summed E-state index contributed by atoms with van der Waals surface area (Å²) < 4.78 is 0. The Kier molecular flexibility index (Phi) is 6.43. The topological polar surface area (TPSA) is 78.4 Å². The van der Waals surface area contributed by atoms with E-state index in [4.69, 9.17) is 4.98 Å². The Balaban J connectivity index is 2.02. The first-order valence-electron chi connectivity index (χ1n) is 10.5. The summed E-state index contributed by atoms with van der Waals surface area (Å²) in [7, 11) is 1.97. The van der Waals surface area contributed by atoms with Crippen molar-refractivity contribution < 1.29 is 9.59 Å². The number of pyridine rings is 2. The van der Waals surface area contributed by atoms with Crippen molar-refractivity contribution in [3.05, 3.63) is 60.1 Å². The number of hydrogen-bond acceptors (Lipinski definition) is 5. The highest BCUT2D eigenvalue weighted by Crippen LogP contribution is 2.30. The molecule has 1 saturated heterocycles. The number of aromatic nitrogens is 2. The fourth-order valence-corrected chi connectivity index (χ4v) is 3.83. The van der Waals surface area contributed by atoms with E-state index in [1.54, 1.807) is 37.2 Å². The van der Waals surface area contributed by atoms with Crippen LogP contribution in [0.3, 0.4) is 0 Å². The molecule has 1 aliphatic rings. The first-order valence-corrected chi connectivity index (χ1v) is 10.5. The molecule has 1 fully saturated rings. The molecule has 0 aromatic carbocycles. The molecule has 0 bridgehead atoms. The summed E-state index contributed by atoms with van der Waals surface area (Å²) in [4.78, 5) is 38.1. The number of rotatable bonds is 6. The van der Waals surface area contributed by atoms with E-state index in [1.165, 1.54) is 0 Å². The number of nitrogens with zero attached hydrogens (tertiary/aromatic N) is 4. The monoisotopic (exact) mass is 421 g/mol. The largest absolute Gasteiger partial charge is 0.359 e. The molecule has 0 unspecified atom stereocenters. The minimum absolute atomic E-state index is 0.160. The Bertz CT molecular complexity index is 985. The van der Waals surface area contributed by atoms with Crippen molar-refractivity contribution in [2.45, 2.75) is 33.2 Å². The fraction of sp³-hybridized carbons (Fsp3) is 0.417. The zero-order valence-corrected chi connectivity index (χ0v) is 19.0. The number of nitrogens with one attached hydrogen (secondary N) is 1. The zero-order chi connectivity index (χ0) is 22.8. The van der Waals surface area contributed by atoms with Crippen LogP contribution in [-0.4, -0.2) is 58.9 Å². The molecule has 2 aromatic rings. The van der Waals surface area contributed by atoms with Gasteiger partial charge in [0.25, 0.3) is 5.91 Å². The maximum atomic E-state index is 13.3. The lowest BCUT2D eigenvalue weighted by atomic mass is 9.97. The Labute approximate surface area is 184 Å². The first kappa shape index (κ1) is 22.5. The van der Waals surface area contributed by atoms with Crippen molar-refractivity contribution in [2.75, 3.05) is 31.6 Å². The summed E-state index contributed by atoms with van der Waals surface area (Å²) in [6, 6.07) is 7.43. The van der Waals surface area contributed by atoms with E-state index in [2.05, 4.69) is 35.6 Å². The molecule has 3 heterocycles. The number of amides is 2. The quantitative estimate of drug-likeness (QED) is 0.776. The third-order valence-corrected chi connectivity index (χ3v) is 5.55. The van der Waals surface area contributed by atoms with E-state index < -0.39 is 5.54 Å². The highest BCUT2D eigenvalue weighted by molar-refractivity contribution is 5.99. The van der Waals surface area contributed by atoms with Crippen LogP contribution < -0.4 is 10.2 Å². The normalized spacial score (nSPS) is 15.5. The van der Waals surface area contributed by atoms with E-state index in [9.17, 15) is 9.59 Å². The smallest absolute Gasteiger partial charge is 0.273 e. The summed E-state index contributed by atoms with van der Waals surface area (Å²) in [6.45, 7) is 13.7. The van der Waals surface area contributed by atoms with Crippen LogP contribution in [0.4, 0.5) is 5.82 Å². The van der Waals surface area contributed by atoms with Gasteiger partial charge in [0.15, 0.2) is 0 Å². The Morgan fingerprint density at radius 2 is 1.94 bits per heavy atom. The molecule has 7 heteroatoms. The van der Waals surface area contributed by atoms with Crippen LogP contribution in [0.5, 0.6) is 0 Å². The number of anilines is 1. The van der Waals surface area contributed by atoms with Crippen LogP contribution >= 0.6 is 0 Å². The molecule has 7 nitrogen and oxygen atoms in total. The molecule has 1 N–H and O–H groups in total. The van der Waals surface area contributed by atoms with Gasteiger partial charge >= 0.3 is 0 Å². The molecule has 0 spiro atoms. The minimum Gasteiger partial charge on any atom is -0.359 e. The van der Waals surface area contributed by atoms with Gasteiger partial charge in [-0.25, -0.2) is 4.98 Å². The lowest BCUT2D eigenvalue weighted by Crippen LogP contribution is -2.63. The molecule has 1 aliphatic heterocycles. The van der Waals surface area contributed by atoms with Gasteiger partial charge < -0.3 is 15.1 Å². The SMILES string of the molecule is C=C(c1ccncc1)c1ccc(C(=O)N2CCNC(=O)C2(C)C)nc1N(C)CC(C)C. The average molecular weight is 422 g/mol. The van der Waals surface area contributed by atoms with Gasteiger partial charge in [0.1, 0.15) is 17.1 Å². The molecule has 0 saturated carbocycles. The van der Waals surface area contributed by atoms with Crippen LogP contribution in [0.2, 0.25) is 0 Å². The molecule has 2 amide bonds.